The summed E-state index contributed by atoms with van der Waals surface area (Å²) in [6.07, 6.45) is 4.80. The number of halogens is 3. The molecule has 0 aliphatic heterocycles. The fourth-order valence-electron chi connectivity index (χ4n) is 2.65. The lowest BCUT2D eigenvalue weighted by atomic mass is 9.92. The van der Waals surface area contributed by atoms with Crippen LogP contribution < -0.4 is 5.32 Å². The predicted octanol–water partition coefficient (Wildman–Crippen LogP) is 5.86. The highest BCUT2D eigenvalue weighted by atomic mass is 19.1. The number of alkyl halides is 1. The van der Waals surface area contributed by atoms with Crippen molar-refractivity contribution in [3.8, 4) is 0 Å². The topological polar surface area (TPSA) is 12.0 Å². The lowest BCUT2D eigenvalue weighted by molar-refractivity contribution is 0.323. The van der Waals surface area contributed by atoms with Gasteiger partial charge in [0.15, 0.2) is 0 Å². The summed E-state index contributed by atoms with van der Waals surface area (Å²) in [5.74, 6) is -1.31. The van der Waals surface area contributed by atoms with E-state index >= 15 is 0 Å². The highest BCUT2D eigenvalue weighted by Gasteiger charge is 2.21. The van der Waals surface area contributed by atoms with E-state index in [1.807, 2.05) is 32.1 Å². The van der Waals surface area contributed by atoms with Crippen molar-refractivity contribution in [2.45, 2.75) is 46.7 Å². The largest absolute Gasteiger partial charge is 0.387 e. The standard InChI is InChI=1S/C20H26F3N/c1-6-9-14(7-2)16(12-15(21)8-3)20(24-5)19-17(22)10-13(4)11-18(19)23/h6-7,9-11,15,24H,8,12H2,1-5H3/b9-6-,14-7+,20-16+. The van der Waals surface area contributed by atoms with Gasteiger partial charge in [-0.1, -0.05) is 25.2 Å². The average Bonchev–Trinajstić information content (AvgIpc) is 2.54. The summed E-state index contributed by atoms with van der Waals surface area (Å²) in [6, 6.07) is 2.57. The van der Waals surface area contributed by atoms with Gasteiger partial charge in [0.05, 0.1) is 11.3 Å². The van der Waals surface area contributed by atoms with E-state index in [1.54, 1.807) is 20.9 Å². The normalized spacial score (nSPS) is 14.8. The summed E-state index contributed by atoms with van der Waals surface area (Å²) in [5, 5.41) is 2.88. The number of allylic oxidation sites excluding steroid dienone is 5. The van der Waals surface area contributed by atoms with E-state index in [0.717, 1.165) is 5.57 Å². The van der Waals surface area contributed by atoms with Crippen molar-refractivity contribution >= 4 is 5.70 Å². The molecule has 4 heteroatoms. The zero-order valence-corrected chi connectivity index (χ0v) is 15.0. The van der Waals surface area contributed by atoms with Gasteiger partial charge >= 0.3 is 0 Å². The van der Waals surface area contributed by atoms with Crippen molar-refractivity contribution in [1.29, 1.82) is 0 Å². The number of hydrogen-bond donors (Lipinski definition) is 1. The predicted molar refractivity (Wildman–Crippen MR) is 95.4 cm³/mol. The smallest absolute Gasteiger partial charge is 0.135 e. The van der Waals surface area contributed by atoms with E-state index in [4.69, 9.17) is 0 Å². The van der Waals surface area contributed by atoms with Crippen LogP contribution in [0.1, 0.15) is 44.7 Å². The molecule has 0 fully saturated rings. The van der Waals surface area contributed by atoms with Crippen LogP contribution in [0.15, 0.2) is 41.5 Å². The molecule has 0 spiro atoms. The van der Waals surface area contributed by atoms with Crippen molar-refractivity contribution in [3.05, 3.63) is 64.3 Å². The number of rotatable bonds is 7. The third-order valence-electron chi connectivity index (χ3n) is 3.86. The number of benzene rings is 1. The van der Waals surface area contributed by atoms with Gasteiger partial charge in [-0.3, -0.25) is 0 Å². The minimum absolute atomic E-state index is 0.0867. The molecule has 0 aromatic heterocycles. The molecule has 0 amide bonds. The Bertz CT molecular complexity index is 634. The van der Waals surface area contributed by atoms with Crippen LogP contribution in [-0.4, -0.2) is 13.2 Å². The van der Waals surface area contributed by atoms with Crippen molar-refractivity contribution in [1.82, 2.24) is 5.32 Å². The second-order valence-corrected chi connectivity index (χ2v) is 5.66. The molecule has 1 nitrogen and oxygen atoms in total. The van der Waals surface area contributed by atoms with Gasteiger partial charge in [-0.2, -0.15) is 0 Å². The van der Waals surface area contributed by atoms with Gasteiger partial charge in [0, 0.05) is 13.5 Å². The van der Waals surface area contributed by atoms with E-state index in [-0.39, 0.29) is 17.7 Å². The second kappa shape index (κ2) is 9.36. The first-order chi connectivity index (χ1) is 11.4. The summed E-state index contributed by atoms with van der Waals surface area (Å²) < 4.78 is 43.0. The van der Waals surface area contributed by atoms with Gasteiger partial charge in [0.25, 0.3) is 0 Å². The molecular formula is C20H26F3N. The van der Waals surface area contributed by atoms with E-state index in [2.05, 4.69) is 5.32 Å². The molecule has 1 atom stereocenters. The molecule has 0 aliphatic carbocycles. The van der Waals surface area contributed by atoms with Crippen LogP contribution in [0.4, 0.5) is 13.2 Å². The molecule has 0 saturated heterocycles. The van der Waals surface area contributed by atoms with Gasteiger partial charge in [-0.05, 0) is 56.0 Å². The second-order valence-electron chi connectivity index (χ2n) is 5.66. The number of nitrogens with one attached hydrogen (secondary N) is 1. The maximum atomic E-state index is 14.4. The Balaban J connectivity index is 3.68. The molecule has 24 heavy (non-hydrogen) atoms. The molecule has 0 bridgehead atoms. The zero-order chi connectivity index (χ0) is 18.3. The molecular weight excluding hydrogens is 311 g/mol. The lowest BCUT2D eigenvalue weighted by Gasteiger charge is -2.19. The summed E-state index contributed by atoms with van der Waals surface area (Å²) in [5.41, 5.74) is 1.95. The Hall–Kier alpha value is -1.97. The van der Waals surface area contributed by atoms with Crippen LogP contribution in [0.25, 0.3) is 5.70 Å². The molecule has 1 aromatic rings. The van der Waals surface area contributed by atoms with Crippen LogP contribution in [0.3, 0.4) is 0 Å². The first-order valence-electron chi connectivity index (χ1n) is 8.19. The van der Waals surface area contributed by atoms with Crippen molar-refractivity contribution < 1.29 is 13.2 Å². The summed E-state index contributed by atoms with van der Waals surface area (Å²) in [6.45, 7) is 7.05. The maximum absolute atomic E-state index is 14.4. The summed E-state index contributed by atoms with van der Waals surface area (Å²) in [4.78, 5) is 0. The number of hydrogen-bond acceptors (Lipinski definition) is 1. The highest BCUT2D eigenvalue weighted by molar-refractivity contribution is 5.73. The average molecular weight is 337 g/mol. The maximum Gasteiger partial charge on any atom is 0.135 e. The van der Waals surface area contributed by atoms with Crippen molar-refractivity contribution in [2.75, 3.05) is 7.05 Å². The third kappa shape index (κ3) is 4.76. The van der Waals surface area contributed by atoms with E-state index < -0.39 is 17.8 Å². The molecule has 0 radical (unpaired) electrons. The number of aryl methyl sites for hydroxylation is 1. The fraction of sp³-hybridized carbons (Fsp3) is 0.400. The quantitative estimate of drug-likeness (QED) is 0.614. The van der Waals surface area contributed by atoms with E-state index in [0.29, 0.717) is 17.6 Å². The van der Waals surface area contributed by atoms with Crippen LogP contribution in [0.5, 0.6) is 0 Å². The SMILES string of the molecule is C\C=C/C(=C\C)C(/CC(F)CC)=C(/NC)c1c(F)cc(C)cc1F. The first kappa shape index (κ1) is 20.1. The Labute approximate surface area is 143 Å². The molecule has 1 rings (SSSR count). The molecule has 0 aliphatic rings. The van der Waals surface area contributed by atoms with Gasteiger partial charge < -0.3 is 5.32 Å². The van der Waals surface area contributed by atoms with Crippen molar-refractivity contribution in [3.63, 3.8) is 0 Å². The molecule has 0 heterocycles. The molecule has 1 unspecified atom stereocenters. The summed E-state index contributed by atoms with van der Waals surface area (Å²) >= 11 is 0. The Morgan fingerprint density at radius 1 is 1.21 bits per heavy atom. The first-order valence-corrected chi connectivity index (χ1v) is 8.19. The zero-order valence-electron chi connectivity index (χ0n) is 15.0. The Morgan fingerprint density at radius 3 is 2.21 bits per heavy atom. The Kier molecular flexibility index (Phi) is 7.83. The van der Waals surface area contributed by atoms with Crippen molar-refractivity contribution in [2.24, 2.45) is 0 Å². The lowest BCUT2D eigenvalue weighted by Crippen LogP contribution is -2.15. The fourth-order valence-corrected chi connectivity index (χ4v) is 2.65. The van der Waals surface area contributed by atoms with Gasteiger partial charge in [0.1, 0.15) is 17.8 Å². The van der Waals surface area contributed by atoms with E-state index in [1.165, 1.54) is 12.1 Å². The summed E-state index contributed by atoms with van der Waals surface area (Å²) in [7, 11) is 1.59. The molecule has 1 N–H and O–H groups in total. The van der Waals surface area contributed by atoms with E-state index in [9.17, 15) is 13.2 Å². The molecule has 1 aromatic carbocycles. The van der Waals surface area contributed by atoms with Gasteiger partial charge in [-0.15, -0.1) is 0 Å². The molecule has 0 saturated carbocycles. The highest BCUT2D eigenvalue weighted by Crippen LogP contribution is 2.31. The van der Waals surface area contributed by atoms with Gasteiger partial charge in [-0.25, -0.2) is 13.2 Å². The Morgan fingerprint density at radius 2 is 1.79 bits per heavy atom. The minimum atomic E-state index is -1.08. The van der Waals surface area contributed by atoms with Gasteiger partial charge in [0.2, 0.25) is 0 Å². The van der Waals surface area contributed by atoms with Crippen LogP contribution in [-0.2, 0) is 0 Å². The molecule has 132 valence electrons. The third-order valence-corrected chi connectivity index (χ3v) is 3.86. The monoisotopic (exact) mass is 337 g/mol. The van der Waals surface area contributed by atoms with Crippen LogP contribution >= 0.6 is 0 Å². The minimum Gasteiger partial charge on any atom is -0.387 e. The van der Waals surface area contributed by atoms with Crippen LogP contribution in [0, 0.1) is 18.6 Å². The van der Waals surface area contributed by atoms with Crippen LogP contribution in [0.2, 0.25) is 0 Å².